The molecule has 0 aromatic heterocycles. The van der Waals surface area contributed by atoms with E-state index in [1.54, 1.807) is 0 Å². The van der Waals surface area contributed by atoms with Crippen molar-refractivity contribution in [1.29, 1.82) is 0 Å². The molecule has 0 spiro atoms. The number of nitrogens with zero attached hydrogens (tertiary/aromatic N) is 1. The van der Waals surface area contributed by atoms with Gasteiger partial charge in [0.25, 0.3) is 0 Å². The van der Waals surface area contributed by atoms with E-state index in [2.05, 4.69) is 0 Å². The molecule has 0 radical (unpaired) electrons. The Labute approximate surface area is 130 Å². The Bertz CT molecular complexity index is 706. The van der Waals surface area contributed by atoms with E-state index in [1.807, 2.05) is 0 Å². The molecular formula is C11H18ClN3O4S2. The smallest absolute Gasteiger partial charge is 0.243 e. The van der Waals surface area contributed by atoms with Crippen molar-refractivity contribution in [3.8, 4) is 0 Å². The van der Waals surface area contributed by atoms with E-state index in [-0.39, 0.29) is 28.1 Å². The number of hydrogen-bond acceptors (Lipinski definition) is 5. The summed E-state index contributed by atoms with van der Waals surface area (Å²) in [5.74, 6) is 0.145. The molecule has 7 nitrogen and oxygen atoms in total. The standard InChI is InChI=1S/C11H17N3O4S2.ClH/c12-7-9-4-5-14(8-9)20(17,18)11-3-1-2-10(6-11)19(13,15)16;/h1-3,6,9H,4-5,7-8,12H2,(H2,13,15,16);1H. The molecule has 1 atom stereocenters. The molecule has 1 unspecified atom stereocenters. The van der Waals surface area contributed by atoms with Gasteiger partial charge in [-0.2, -0.15) is 4.31 Å². The van der Waals surface area contributed by atoms with Gasteiger partial charge in [0.05, 0.1) is 9.79 Å². The van der Waals surface area contributed by atoms with Crippen molar-refractivity contribution in [2.24, 2.45) is 16.8 Å². The fourth-order valence-corrected chi connectivity index (χ4v) is 4.38. The minimum absolute atomic E-state index is 0. The molecule has 21 heavy (non-hydrogen) atoms. The Morgan fingerprint density at radius 2 is 1.81 bits per heavy atom. The molecule has 0 amide bonds. The molecule has 1 fully saturated rings. The topological polar surface area (TPSA) is 124 Å². The fraction of sp³-hybridized carbons (Fsp3) is 0.455. The lowest BCUT2D eigenvalue weighted by Gasteiger charge is -2.16. The molecule has 0 aliphatic carbocycles. The van der Waals surface area contributed by atoms with Crippen molar-refractivity contribution in [2.75, 3.05) is 19.6 Å². The largest absolute Gasteiger partial charge is 0.330 e. The zero-order valence-corrected chi connectivity index (χ0v) is 13.6. The van der Waals surface area contributed by atoms with E-state index in [0.29, 0.717) is 26.1 Å². The van der Waals surface area contributed by atoms with Gasteiger partial charge in [0, 0.05) is 13.1 Å². The first-order chi connectivity index (χ1) is 9.25. The maximum absolute atomic E-state index is 12.4. The highest BCUT2D eigenvalue weighted by atomic mass is 35.5. The summed E-state index contributed by atoms with van der Waals surface area (Å²) in [6.45, 7) is 1.19. The number of nitrogens with two attached hydrogens (primary N) is 2. The quantitative estimate of drug-likeness (QED) is 0.769. The van der Waals surface area contributed by atoms with Gasteiger partial charge in [-0.05, 0) is 37.1 Å². The van der Waals surface area contributed by atoms with E-state index in [0.717, 1.165) is 6.07 Å². The predicted molar refractivity (Wildman–Crippen MR) is 81.0 cm³/mol. The normalized spacial score (nSPS) is 20.2. The third-order valence-corrected chi connectivity index (χ3v) is 6.13. The fourth-order valence-electron chi connectivity index (χ4n) is 2.17. The maximum Gasteiger partial charge on any atom is 0.243 e. The number of sulfonamides is 2. The summed E-state index contributed by atoms with van der Waals surface area (Å²) in [5, 5.41) is 5.01. The molecule has 1 aromatic rings. The van der Waals surface area contributed by atoms with Crippen molar-refractivity contribution in [3.63, 3.8) is 0 Å². The van der Waals surface area contributed by atoms with Gasteiger partial charge in [-0.15, -0.1) is 12.4 Å². The summed E-state index contributed by atoms with van der Waals surface area (Å²) in [5.41, 5.74) is 5.54. The van der Waals surface area contributed by atoms with Crippen LogP contribution in [0.15, 0.2) is 34.1 Å². The Morgan fingerprint density at radius 3 is 2.33 bits per heavy atom. The lowest BCUT2D eigenvalue weighted by molar-refractivity contribution is 0.459. The summed E-state index contributed by atoms with van der Waals surface area (Å²) >= 11 is 0. The van der Waals surface area contributed by atoms with Crippen LogP contribution < -0.4 is 10.9 Å². The van der Waals surface area contributed by atoms with Gasteiger partial charge in [0.1, 0.15) is 0 Å². The molecule has 1 heterocycles. The number of rotatable bonds is 4. The van der Waals surface area contributed by atoms with Gasteiger partial charge in [-0.1, -0.05) is 6.07 Å². The molecule has 2 rings (SSSR count). The van der Waals surface area contributed by atoms with Gasteiger partial charge in [-0.3, -0.25) is 0 Å². The number of hydrogen-bond donors (Lipinski definition) is 2. The zero-order valence-electron chi connectivity index (χ0n) is 11.2. The molecule has 4 N–H and O–H groups in total. The summed E-state index contributed by atoms with van der Waals surface area (Å²) < 4.78 is 48.7. The summed E-state index contributed by atoms with van der Waals surface area (Å²) in [7, 11) is -7.63. The predicted octanol–water partition coefficient (Wildman–Crippen LogP) is -0.275. The highest BCUT2D eigenvalue weighted by molar-refractivity contribution is 7.90. The molecule has 1 aliphatic heterocycles. The van der Waals surface area contributed by atoms with E-state index in [9.17, 15) is 16.8 Å². The first kappa shape index (κ1) is 18.3. The maximum atomic E-state index is 12.4. The molecule has 0 saturated carbocycles. The monoisotopic (exact) mass is 355 g/mol. The average molecular weight is 356 g/mol. The van der Waals surface area contributed by atoms with Crippen LogP contribution in [0.3, 0.4) is 0 Å². The van der Waals surface area contributed by atoms with Crippen LogP contribution in [0.1, 0.15) is 6.42 Å². The van der Waals surface area contributed by atoms with Crippen LogP contribution in [0.25, 0.3) is 0 Å². The van der Waals surface area contributed by atoms with Crippen LogP contribution in [-0.2, 0) is 20.0 Å². The van der Waals surface area contributed by atoms with Gasteiger partial charge in [-0.25, -0.2) is 22.0 Å². The van der Waals surface area contributed by atoms with Crippen molar-refractivity contribution in [2.45, 2.75) is 16.2 Å². The van der Waals surface area contributed by atoms with Crippen LogP contribution in [0.5, 0.6) is 0 Å². The first-order valence-electron chi connectivity index (χ1n) is 6.08. The third-order valence-electron chi connectivity index (χ3n) is 3.35. The number of halogens is 1. The van der Waals surface area contributed by atoms with Crippen LogP contribution in [0.2, 0.25) is 0 Å². The minimum Gasteiger partial charge on any atom is -0.330 e. The summed E-state index contributed by atoms with van der Waals surface area (Å²) in [6, 6.07) is 5.07. The number of benzene rings is 1. The minimum atomic E-state index is -3.93. The lowest BCUT2D eigenvalue weighted by atomic mass is 10.1. The van der Waals surface area contributed by atoms with Gasteiger partial charge in [0.2, 0.25) is 20.0 Å². The van der Waals surface area contributed by atoms with Crippen molar-refractivity contribution in [1.82, 2.24) is 4.31 Å². The molecule has 1 aromatic carbocycles. The van der Waals surface area contributed by atoms with Gasteiger partial charge < -0.3 is 5.73 Å². The summed E-state index contributed by atoms with van der Waals surface area (Å²) in [6.07, 6.45) is 0.713. The second-order valence-electron chi connectivity index (χ2n) is 4.77. The van der Waals surface area contributed by atoms with Crippen molar-refractivity contribution < 1.29 is 16.8 Å². The van der Waals surface area contributed by atoms with Crippen LogP contribution in [0, 0.1) is 5.92 Å². The second-order valence-corrected chi connectivity index (χ2v) is 8.27. The van der Waals surface area contributed by atoms with Crippen molar-refractivity contribution >= 4 is 32.5 Å². The van der Waals surface area contributed by atoms with Crippen LogP contribution in [0.4, 0.5) is 0 Å². The Hall–Kier alpha value is -0.710. The third kappa shape index (κ3) is 3.93. The SMILES string of the molecule is Cl.NCC1CCN(S(=O)(=O)c2cccc(S(N)(=O)=O)c2)C1. The Morgan fingerprint density at radius 1 is 1.19 bits per heavy atom. The van der Waals surface area contributed by atoms with Crippen LogP contribution in [-0.4, -0.2) is 40.8 Å². The Kier molecular flexibility index (Phi) is 5.76. The highest BCUT2D eigenvalue weighted by Gasteiger charge is 2.32. The molecule has 0 bridgehead atoms. The average Bonchev–Trinajstić information content (AvgIpc) is 2.87. The van der Waals surface area contributed by atoms with Gasteiger partial charge in [0.15, 0.2) is 0 Å². The van der Waals surface area contributed by atoms with Crippen LogP contribution >= 0.6 is 12.4 Å². The highest BCUT2D eigenvalue weighted by Crippen LogP contribution is 2.24. The second kappa shape index (κ2) is 6.59. The van der Waals surface area contributed by atoms with E-state index in [1.165, 1.54) is 22.5 Å². The Balaban J connectivity index is 0.00000220. The van der Waals surface area contributed by atoms with E-state index in [4.69, 9.17) is 10.9 Å². The zero-order chi connectivity index (χ0) is 15.0. The van der Waals surface area contributed by atoms with Gasteiger partial charge >= 0.3 is 0 Å². The molecule has 1 aliphatic rings. The van der Waals surface area contributed by atoms with E-state index < -0.39 is 20.0 Å². The summed E-state index contributed by atoms with van der Waals surface area (Å²) in [4.78, 5) is -0.283. The molecule has 120 valence electrons. The first-order valence-corrected chi connectivity index (χ1v) is 9.07. The molecule has 10 heteroatoms. The van der Waals surface area contributed by atoms with Crippen molar-refractivity contribution in [3.05, 3.63) is 24.3 Å². The lowest BCUT2D eigenvalue weighted by Crippen LogP contribution is -2.30. The molecular weight excluding hydrogens is 338 g/mol. The molecule has 1 saturated heterocycles. The van der Waals surface area contributed by atoms with E-state index >= 15 is 0 Å². The number of primary sulfonamides is 1.